The number of hydrogen-bond donors (Lipinski definition) is 2. The molecule has 1 amide bonds. The summed E-state index contributed by atoms with van der Waals surface area (Å²) in [6, 6.07) is 16.0. The van der Waals surface area contributed by atoms with Crippen LogP contribution < -0.4 is 15.5 Å². The Morgan fingerprint density at radius 2 is 2.00 bits per heavy atom. The summed E-state index contributed by atoms with van der Waals surface area (Å²) in [6.07, 6.45) is 0. The van der Waals surface area contributed by atoms with Crippen molar-refractivity contribution >= 4 is 23.0 Å². The summed E-state index contributed by atoms with van der Waals surface area (Å²) in [5.74, 6) is 0.00287. The molecule has 23 heavy (non-hydrogen) atoms. The molecule has 0 bridgehead atoms. The predicted octanol–water partition coefficient (Wildman–Crippen LogP) is 3.64. The number of para-hydroxylation sites is 2. The van der Waals surface area contributed by atoms with Crippen LogP contribution in [0.2, 0.25) is 0 Å². The molecule has 1 aliphatic heterocycles. The van der Waals surface area contributed by atoms with Crippen molar-refractivity contribution in [3.05, 3.63) is 54.1 Å². The van der Waals surface area contributed by atoms with E-state index in [1.165, 1.54) is 0 Å². The monoisotopic (exact) mass is 309 g/mol. The minimum absolute atomic E-state index is 0.00287. The number of carbonyl (C=O) groups excluding carboxylic acids is 1. The maximum absolute atomic E-state index is 12.4. The Morgan fingerprint density at radius 1 is 1.22 bits per heavy atom. The number of benzene rings is 2. The Labute approximate surface area is 137 Å². The summed E-state index contributed by atoms with van der Waals surface area (Å²) >= 11 is 0. The van der Waals surface area contributed by atoms with Crippen LogP contribution in [0.25, 0.3) is 0 Å². The minimum atomic E-state index is -0.0715. The van der Waals surface area contributed by atoms with Crippen LogP contribution in [0.15, 0.2) is 48.5 Å². The average Bonchev–Trinajstić information content (AvgIpc) is 2.46. The first-order chi connectivity index (χ1) is 10.9. The second-order valence-electron chi connectivity index (χ2n) is 6.80. The van der Waals surface area contributed by atoms with Crippen molar-refractivity contribution in [1.82, 2.24) is 0 Å². The lowest BCUT2D eigenvalue weighted by Gasteiger charge is -2.41. The molecular formula is C19H23N3O. The van der Waals surface area contributed by atoms with E-state index in [1.54, 1.807) is 0 Å². The van der Waals surface area contributed by atoms with Gasteiger partial charge in [0.25, 0.3) is 0 Å². The van der Waals surface area contributed by atoms with Gasteiger partial charge in [-0.1, -0.05) is 24.3 Å². The summed E-state index contributed by atoms with van der Waals surface area (Å²) in [6.45, 7) is 7.44. The number of rotatable bonds is 3. The number of anilines is 3. The average molecular weight is 309 g/mol. The molecule has 0 radical (unpaired) electrons. The highest BCUT2D eigenvalue weighted by Crippen LogP contribution is 2.33. The fraction of sp³-hybridized carbons (Fsp3) is 0.316. The molecule has 0 aromatic heterocycles. The first-order valence-corrected chi connectivity index (χ1v) is 7.92. The molecule has 0 atom stereocenters. The fourth-order valence-corrected chi connectivity index (χ4v) is 3.06. The van der Waals surface area contributed by atoms with Crippen LogP contribution in [0.4, 0.5) is 17.1 Å². The maximum atomic E-state index is 12.4. The number of nitrogens with one attached hydrogen (secondary N) is 2. The van der Waals surface area contributed by atoms with Crippen LogP contribution in [-0.2, 0) is 4.79 Å². The molecule has 0 unspecified atom stereocenters. The summed E-state index contributed by atoms with van der Waals surface area (Å²) in [5, 5.41) is 6.51. The quantitative estimate of drug-likeness (QED) is 0.910. The van der Waals surface area contributed by atoms with Crippen molar-refractivity contribution in [2.75, 3.05) is 28.6 Å². The Hall–Kier alpha value is -2.49. The molecule has 120 valence electrons. The van der Waals surface area contributed by atoms with E-state index in [0.29, 0.717) is 6.54 Å². The highest BCUT2D eigenvalue weighted by atomic mass is 16.2. The van der Waals surface area contributed by atoms with Crippen molar-refractivity contribution in [3.63, 3.8) is 0 Å². The Kier molecular flexibility index (Phi) is 3.99. The fourth-order valence-electron chi connectivity index (χ4n) is 3.06. The van der Waals surface area contributed by atoms with Crippen molar-refractivity contribution < 1.29 is 4.79 Å². The molecule has 1 heterocycles. The maximum Gasteiger partial charge on any atom is 0.243 e. The second-order valence-corrected chi connectivity index (χ2v) is 6.80. The van der Waals surface area contributed by atoms with E-state index >= 15 is 0 Å². The third-order valence-corrected chi connectivity index (χ3v) is 3.94. The van der Waals surface area contributed by atoms with Gasteiger partial charge in [-0.2, -0.15) is 0 Å². The molecule has 2 N–H and O–H groups in total. The van der Waals surface area contributed by atoms with E-state index in [4.69, 9.17) is 0 Å². The summed E-state index contributed by atoms with van der Waals surface area (Å²) in [4.78, 5) is 14.6. The number of fused-ring (bicyclic) bond motifs is 1. The van der Waals surface area contributed by atoms with Gasteiger partial charge in [0.05, 0.1) is 17.9 Å². The number of carbonyl (C=O) groups is 1. The van der Waals surface area contributed by atoms with E-state index in [-0.39, 0.29) is 11.4 Å². The molecule has 4 heteroatoms. The lowest BCUT2D eigenvalue weighted by atomic mass is 9.99. The zero-order valence-corrected chi connectivity index (χ0v) is 13.9. The van der Waals surface area contributed by atoms with Crippen LogP contribution in [0.5, 0.6) is 0 Å². The van der Waals surface area contributed by atoms with Gasteiger partial charge < -0.3 is 15.5 Å². The summed E-state index contributed by atoms with van der Waals surface area (Å²) in [5.41, 5.74) is 4.06. The highest BCUT2D eigenvalue weighted by molar-refractivity contribution is 5.95. The molecule has 1 aliphatic rings. The molecule has 3 rings (SSSR count). The van der Waals surface area contributed by atoms with Gasteiger partial charge in [0, 0.05) is 17.8 Å². The molecule has 0 aliphatic carbocycles. The number of aryl methyl sites for hydroxylation is 1. The Morgan fingerprint density at radius 3 is 2.78 bits per heavy atom. The second kappa shape index (κ2) is 5.95. The number of hydrogen-bond acceptors (Lipinski definition) is 3. The van der Waals surface area contributed by atoms with Gasteiger partial charge in [-0.15, -0.1) is 0 Å². The molecule has 0 saturated carbocycles. The largest absolute Gasteiger partial charge is 0.377 e. The smallest absolute Gasteiger partial charge is 0.243 e. The molecule has 0 fully saturated rings. The topological polar surface area (TPSA) is 44.4 Å². The highest BCUT2D eigenvalue weighted by Gasteiger charge is 2.30. The molecule has 4 nitrogen and oxygen atoms in total. The Bertz CT molecular complexity index is 724. The predicted molar refractivity (Wildman–Crippen MR) is 96.2 cm³/mol. The van der Waals surface area contributed by atoms with Gasteiger partial charge in [0.1, 0.15) is 0 Å². The summed E-state index contributed by atoms with van der Waals surface area (Å²) < 4.78 is 0. The molecule has 0 saturated heterocycles. The van der Waals surface area contributed by atoms with Crippen LogP contribution in [-0.4, -0.2) is 24.5 Å². The molecular weight excluding hydrogens is 286 g/mol. The van der Waals surface area contributed by atoms with Gasteiger partial charge in [0.2, 0.25) is 5.91 Å². The molecule has 2 aromatic rings. The van der Waals surface area contributed by atoms with Crippen molar-refractivity contribution in [3.8, 4) is 0 Å². The van der Waals surface area contributed by atoms with E-state index in [2.05, 4.69) is 41.5 Å². The van der Waals surface area contributed by atoms with Crippen molar-refractivity contribution in [1.29, 1.82) is 0 Å². The van der Waals surface area contributed by atoms with Crippen LogP contribution in [0.1, 0.15) is 19.4 Å². The molecule has 0 spiro atoms. The van der Waals surface area contributed by atoms with Crippen molar-refractivity contribution in [2.45, 2.75) is 26.3 Å². The SMILES string of the molecule is Cc1cccc(NC(=O)CN2CC(C)(C)Nc3ccccc32)c1. The van der Waals surface area contributed by atoms with Crippen molar-refractivity contribution in [2.24, 2.45) is 0 Å². The van der Waals surface area contributed by atoms with Crippen LogP contribution in [0, 0.1) is 6.92 Å². The van der Waals surface area contributed by atoms with Gasteiger partial charge in [-0.25, -0.2) is 0 Å². The zero-order valence-electron chi connectivity index (χ0n) is 13.9. The van der Waals surface area contributed by atoms with E-state index in [0.717, 1.165) is 29.2 Å². The van der Waals surface area contributed by atoms with Gasteiger partial charge >= 0.3 is 0 Å². The number of amides is 1. The van der Waals surface area contributed by atoms with Gasteiger partial charge in [-0.3, -0.25) is 4.79 Å². The van der Waals surface area contributed by atoms with Gasteiger partial charge in [0.15, 0.2) is 0 Å². The van der Waals surface area contributed by atoms with Crippen LogP contribution >= 0.6 is 0 Å². The first-order valence-electron chi connectivity index (χ1n) is 7.92. The van der Waals surface area contributed by atoms with Gasteiger partial charge in [-0.05, 0) is 50.6 Å². The Balaban J connectivity index is 1.75. The standard InChI is InChI=1S/C19H23N3O/c1-14-7-6-8-15(11-14)20-18(23)12-22-13-19(2,3)21-16-9-4-5-10-17(16)22/h4-11,21H,12-13H2,1-3H3,(H,20,23). The minimum Gasteiger partial charge on any atom is -0.377 e. The summed E-state index contributed by atoms with van der Waals surface area (Å²) in [7, 11) is 0. The normalized spacial score (nSPS) is 15.5. The molecule has 2 aromatic carbocycles. The number of nitrogens with zero attached hydrogens (tertiary/aromatic N) is 1. The third-order valence-electron chi connectivity index (χ3n) is 3.94. The first kappa shape index (κ1) is 15.4. The van der Waals surface area contributed by atoms with Crippen LogP contribution in [0.3, 0.4) is 0 Å². The van der Waals surface area contributed by atoms with E-state index < -0.39 is 0 Å². The lowest BCUT2D eigenvalue weighted by Crippen LogP contribution is -2.50. The zero-order chi connectivity index (χ0) is 16.4. The van der Waals surface area contributed by atoms with E-state index in [9.17, 15) is 4.79 Å². The lowest BCUT2D eigenvalue weighted by molar-refractivity contribution is -0.115. The van der Waals surface area contributed by atoms with E-state index in [1.807, 2.05) is 43.3 Å². The third kappa shape index (κ3) is 3.65.